The lowest BCUT2D eigenvalue weighted by atomic mass is 10.0. The highest BCUT2D eigenvalue weighted by atomic mass is 32.2. The first-order valence-corrected chi connectivity index (χ1v) is 9.68. The first-order valence-electron chi connectivity index (χ1n) is 8.20. The number of hydrogen-bond donors (Lipinski definition) is 2. The van der Waals surface area contributed by atoms with Gasteiger partial charge in [0, 0.05) is 24.1 Å². The van der Waals surface area contributed by atoms with Crippen LogP contribution in [0.25, 0.3) is 0 Å². The van der Waals surface area contributed by atoms with Crippen molar-refractivity contribution < 1.29 is 17.9 Å². The lowest BCUT2D eigenvalue weighted by Crippen LogP contribution is -2.32. The molecule has 2 aromatic carbocycles. The summed E-state index contributed by atoms with van der Waals surface area (Å²) in [6, 6.07) is 12.0. The summed E-state index contributed by atoms with van der Waals surface area (Å²) < 4.78 is 34.0. The predicted octanol–water partition coefficient (Wildman–Crippen LogP) is 2.37. The molecule has 130 valence electrons. The number of sulfonamides is 1. The molecule has 2 heterocycles. The largest absolute Gasteiger partial charge is 0.493 e. The fourth-order valence-electron chi connectivity index (χ4n) is 3.25. The summed E-state index contributed by atoms with van der Waals surface area (Å²) in [5.74, 6) is 0.676. The summed E-state index contributed by atoms with van der Waals surface area (Å²) in [6.07, 6.45) is 1.50. The number of carbonyl (C=O) groups excluding carboxylic acids is 1. The van der Waals surface area contributed by atoms with Crippen LogP contribution in [0.15, 0.2) is 47.4 Å². The van der Waals surface area contributed by atoms with Crippen LogP contribution in [-0.2, 0) is 21.2 Å². The number of hydrogen-bond acceptors (Lipinski definition) is 4. The van der Waals surface area contributed by atoms with Crippen LogP contribution in [0.4, 0.5) is 5.69 Å². The van der Waals surface area contributed by atoms with Crippen LogP contribution in [0.1, 0.15) is 30.0 Å². The van der Waals surface area contributed by atoms with E-state index in [4.69, 9.17) is 4.74 Å². The van der Waals surface area contributed by atoms with E-state index >= 15 is 0 Å². The Hall–Kier alpha value is -2.38. The van der Waals surface area contributed by atoms with Crippen molar-refractivity contribution in [1.82, 2.24) is 4.72 Å². The smallest absolute Gasteiger partial charge is 0.241 e. The number of nitrogens with one attached hydrogen (secondary N) is 2. The number of anilines is 1. The zero-order chi connectivity index (χ0) is 17.4. The topological polar surface area (TPSA) is 84.5 Å². The van der Waals surface area contributed by atoms with Gasteiger partial charge in [-0.05, 0) is 36.2 Å². The number of rotatable bonds is 3. The molecule has 2 N–H and O–H groups in total. The zero-order valence-corrected chi connectivity index (χ0v) is 14.3. The molecule has 6 nitrogen and oxygen atoms in total. The van der Waals surface area contributed by atoms with E-state index in [-0.39, 0.29) is 16.8 Å². The van der Waals surface area contributed by atoms with Gasteiger partial charge in [0.15, 0.2) is 0 Å². The SMILES string of the molecule is O=C1CCc2cc(S(=O)(=O)NC3CCOc4ccccc43)ccc2N1. The maximum absolute atomic E-state index is 12.8. The van der Waals surface area contributed by atoms with E-state index in [2.05, 4.69) is 10.0 Å². The van der Waals surface area contributed by atoms with E-state index in [1.807, 2.05) is 24.3 Å². The molecule has 0 aromatic heterocycles. The number of ether oxygens (including phenoxy) is 1. The Morgan fingerprint density at radius 2 is 1.96 bits per heavy atom. The molecule has 0 bridgehead atoms. The summed E-state index contributed by atoms with van der Waals surface area (Å²) in [5.41, 5.74) is 2.38. The van der Waals surface area contributed by atoms with Gasteiger partial charge in [-0.1, -0.05) is 18.2 Å². The van der Waals surface area contributed by atoms with E-state index in [1.165, 1.54) is 6.07 Å². The van der Waals surface area contributed by atoms with Crippen LogP contribution in [0.3, 0.4) is 0 Å². The average Bonchev–Trinajstić information content (AvgIpc) is 2.61. The molecule has 4 rings (SSSR count). The van der Waals surface area contributed by atoms with Crippen molar-refractivity contribution >= 4 is 21.6 Å². The third-order valence-corrected chi connectivity index (χ3v) is 6.01. The van der Waals surface area contributed by atoms with Crippen molar-refractivity contribution in [2.45, 2.75) is 30.2 Å². The van der Waals surface area contributed by atoms with Gasteiger partial charge in [0.2, 0.25) is 15.9 Å². The summed E-state index contributed by atoms with van der Waals surface area (Å²) >= 11 is 0. The second-order valence-corrected chi connectivity index (χ2v) is 7.93. The maximum atomic E-state index is 12.8. The van der Waals surface area contributed by atoms with Crippen LogP contribution in [-0.4, -0.2) is 20.9 Å². The van der Waals surface area contributed by atoms with Crippen molar-refractivity contribution in [3.05, 3.63) is 53.6 Å². The molecule has 2 aliphatic heterocycles. The second-order valence-electron chi connectivity index (χ2n) is 6.22. The quantitative estimate of drug-likeness (QED) is 0.882. The molecular weight excluding hydrogens is 340 g/mol. The van der Waals surface area contributed by atoms with Gasteiger partial charge in [-0.15, -0.1) is 0 Å². The fourth-order valence-corrected chi connectivity index (χ4v) is 4.55. The van der Waals surface area contributed by atoms with E-state index in [9.17, 15) is 13.2 Å². The van der Waals surface area contributed by atoms with Crippen LogP contribution < -0.4 is 14.8 Å². The molecule has 7 heteroatoms. The maximum Gasteiger partial charge on any atom is 0.241 e. The lowest BCUT2D eigenvalue weighted by Gasteiger charge is -2.26. The minimum atomic E-state index is -3.67. The van der Waals surface area contributed by atoms with Gasteiger partial charge in [0.1, 0.15) is 5.75 Å². The molecule has 25 heavy (non-hydrogen) atoms. The molecular formula is C18H18N2O4S. The molecule has 0 aliphatic carbocycles. The van der Waals surface area contributed by atoms with Crippen LogP contribution in [0.5, 0.6) is 5.75 Å². The Morgan fingerprint density at radius 1 is 1.12 bits per heavy atom. The van der Waals surface area contributed by atoms with Crippen molar-refractivity contribution in [2.24, 2.45) is 0 Å². The molecule has 2 aliphatic rings. The van der Waals surface area contributed by atoms with Gasteiger partial charge in [0.25, 0.3) is 0 Å². The van der Waals surface area contributed by atoms with Gasteiger partial charge in [-0.3, -0.25) is 4.79 Å². The highest BCUT2D eigenvalue weighted by molar-refractivity contribution is 7.89. The van der Waals surface area contributed by atoms with E-state index in [0.717, 1.165) is 16.9 Å². The van der Waals surface area contributed by atoms with Crippen LogP contribution >= 0.6 is 0 Å². The van der Waals surface area contributed by atoms with Gasteiger partial charge in [-0.25, -0.2) is 13.1 Å². The number of amides is 1. The first kappa shape index (κ1) is 16.1. The Kier molecular flexibility index (Phi) is 3.97. The third kappa shape index (κ3) is 3.12. The Morgan fingerprint density at radius 3 is 2.84 bits per heavy atom. The molecule has 0 fully saturated rings. The van der Waals surface area contributed by atoms with E-state index < -0.39 is 10.0 Å². The lowest BCUT2D eigenvalue weighted by molar-refractivity contribution is -0.116. The highest BCUT2D eigenvalue weighted by Gasteiger charge is 2.27. The first-order chi connectivity index (χ1) is 12.0. The number of benzene rings is 2. The Labute approximate surface area is 146 Å². The number of fused-ring (bicyclic) bond motifs is 2. The fraction of sp³-hybridized carbons (Fsp3) is 0.278. The Balaban J connectivity index is 1.62. The number of para-hydroxylation sites is 1. The summed E-state index contributed by atoms with van der Waals surface area (Å²) in [4.78, 5) is 11.6. The molecule has 0 saturated carbocycles. The summed E-state index contributed by atoms with van der Waals surface area (Å²) in [5, 5.41) is 2.76. The van der Waals surface area contributed by atoms with Crippen molar-refractivity contribution in [1.29, 1.82) is 0 Å². The minimum absolute atomic E-state index is 0.0416. The average molecular weight is 358 g/mol. The van der Waals surface area contributed by atoms with Crippen molar-refractivity contribution in [3.8, 4) is 5.75 Å². The number of aryl methyl sites for hydroxylation is 1. The van der Waals surface area contributed by atoms with Gasteiger partial charge >= 0.3 is 0 Å². The third-order valence-electron chi connectivity index (χ3n) is 4.54. The normalized spacial score (nSPS) is 19.4. The van der Waals surface area contributed by atoms with Crippen molar-refractivity contribution in [2.75, 3.05) is 11.9 Å². The predicted molar refractivity (Wildman–Crippen MR) is 93.0 cm³/mol. The van der Waals surface area contributed by atoms with Crippen LogP contribution in [0, 0.1) is 0 Å². The Bertz CT molecular complexity index is 940. The molecule has 1 unspecified atom stereocenters. The van der Waals surface area contributed by atoms with Gasteiger partial charge in [-0.2, -0.15) is 0 Å². The number of carbonyl (C=O) groups is 1. The monoisotopic (exact) mass is 358 g/mol. The minimum Gasteiger partial charge on any atom is -0.493 e. The van der Waals surface area contributed by atoms with Gasteiger partial charge in [0.05, 0.1) is 17.5 Å². The standard InChI is InChI=1S/C18H18N2O4S/c21-18-8-5-12-11-13(6-7-15(12)19-18)25(22,23)20-16-9-10-24-17-4-2-1-3-14(16)17/h1-4,6-7,11,16,20H,5,8-10H2,(H,19,21). The molecule has 0 spiro atoms. The second kappa shape index (κ2) is 6.16. The van der Waals surface area contributed by atoms with Crippen LogP contribution in [0.2, 0.25) is 0 Å². The molecule has 0 saturated heterocycles. The molecule has 0 radical (unpaired) electrons. The zero-order valence-electron chi connectivity index (χ0n) is 13.5. The molecule has 1 amide bonds. The molecule has 2 aromatic rings. The molecule has 1 atom stereocenters. The van der Waals surface area contributed by atoms with E-state index in [1.54, 1.807) is 12.1 Å². The highest BCUT2D eigenvalue weighted by Crippen LogP contribution is 2.33. The van der Waals surface area contributed by atoms with Crippen molar-refractivity contribution in [3.63, 3.8) is 0 Å². The summed E-state index contributed by atoms with van der Waals surface area (Å²) in [7, 11) is -3.67. The van der Waals surface area contributed by atoms with Gasteiger partial charge < -0.3 is 10.1 Å². The van der Waals surface area contributed by atoms with E-state index in [0.29, 0.717) is 31.6 Å². The summed E-state index contributed by atoms with van der Waals surface area (Å²) in [6.45, 7) is 0.473.